The Morgan fingerprint density at radius 3 is 2.82 bits per heavy atom. The summed E-state index contributed by atoms with van der Waals surface area (Å²) in [7, 11) is 0. The number of thiophene rings is 1. The van der Waals surface area contributed by atoms with Gasteiger partial charge in [-0.25, -0.2) is 0 Å². The molecule has 0 N–H and O–H groups in total. The Bertz CT molecular complexity index is 356. The summed E-state index contributed by atoms with van der Waals surface area (Å²) in [6.07, 6.45) is 2.83. The summed E-state index contributed by atoms with van der Waals surface area (Å²) in [6, 6.07) is 4.04. The van der Waals surface area contributed by atoms with E-state index in [9.17, 15) is 4.79 Å². The SMILES string of the molecule is CC(Br)C1CCN(C(=O)Cc2cccs2)CC1. The van der Waals surface area contributed by atoms with Crippen LogP contribution in [0.15, 0.2) is 17.5 Å². The largest absolute Gasteiger partial charge is 0.342 e. The number of halogens is 1. The maximum absolute atomic E-state index is 12.1. The molecule has 1 aliphatic rings. The van der Waals surface area contributed by atoms with Gasteiger partial charge in [0.1, 0.15) is 0 Å². The predicted molar refractivity (Wildman–Crippen MR) is 75.7 cm³/mol. The number of likely N-dealkylation sites (tertiary alicyclic amines) is 1. The Balaban J connectivity index is 1.82. The highest BCUT2D eigenvalue weighted by Gasteiger charge is 2.25. The van der Waals surface area contributed by atoms with E-state index < -0.39 is 0 Å². The molecule has 17 heavy (non-hydrogen) atoms. The zero-order valence-electron chi connectivity index (χ0n) is 10.1. The third-order valence-electron chi connectivity index (χ3n) is 3.45. The van der Waals surface area contributed by atoms with Crippen molar-refractivity contribution in [2.45, 2.75) is 31.0 Å². The molecule has 1 saturated heterocycles. The lowest BCUT2D eigenvalue weighted by molar-refractivity contribution is -0.131. The molecule has 1 unspecified atom stereocenters. The Morgan fingerprint density at radius 2 is 2.29 bits per heavy atom. The molecular formula is C13H18BrNOS. The average molecular weight is 316 g/mol. The summed E-state index contributed by atoms with van der Waals surface area (Å²) >= 11 is 5.31. The summed E-state index contributed by atoms with van der Waals surface area (Å²) in [5, 5.41) is 2.03. The number of nitrogens with zero attached hydrogens (tertiary/aromatic N) is 1. The number of amides is 1. The van der Waals surface area contributed by atoms with Gasteiger partial charge >= 0.3 is 0 Å². The Morgan fingerprint density at radius 1 is 1.59 bits per heavy atom. The van der Waals surface area contributed by atoms with E-state index in [1.165, 1.54) is 4.88 Å². The molecule has 94 valence electrons. The van der Waals surface area contributed by atoms with Crippen LogP contribution in [0.2, 0.25) is 0 Å². The van der Waals surface area contributed by atoms with Crippen molar-refractivity contribution in [2.75, 3.05) is 13.1 Å². The summed E-state index contributed by atoms with van der Waals surface area (Å²) in [6.45, 7) is 4.05. The first-order valence-corrected chi connectivity index (χ1v) is 7.90. The van der Waals surface area contributed by atoms with Crippen molar-refractivity contribution >= 4 is 33.2 Å². The molecule has 2 nitrogen and oxygen atoms in total. The first-order valence-electron chi connectivity index (χ1n) is 6.11. The van der Waals surface area contributed by atoms with Crippen molar-refractivity contribution in [3.8, 4) is 0 Å². The molecule has 0 spiro atoms. The van der Waals surface area contributed by atoms with Gasteiger partial charge in [-0.1, -0.05) is 28.9 Å². The van der Waals surface area contributed by atoms with Crippen LogP contribution in [0, 0.1) is 5.92 Å². The fraction of sp³-hybridized carbons (Fsp3) is 0.615. The van der Waals surface area contributed by atoms with Crippen LogP contribution in [0.25, 0.3) is 0 Å². The van der Waals surface area contributed by atoms with Gasteiger partial charge in [-0.3, -0.25) is 4.79 Å². The number of hydrogen-bond donors (Lipinski definition) is 0. The predicted octanol–water partition coefficient (Wildman–Crippen LogP) is 3.31. The van der Waals surface area contributed by atoms with Gasteiger partial charge < -0.3 is 4.90 Å². The molecule has 1 aliphatic heterocycles. The lowest BCUT2D eigenvalue weighted by Gasteiger charge is -2.33. The monoisotopic (exact) mass is 315 g/mol. The normalized spacial score (nSPS) is 19.3. The van der Waals surface area contributed by atoms with Crippen LogP contribution in [-0.4, -0.2) is 28.7 Å². The minimum absolute atomic E-state index is 0.285. The molecule has 0 radical (unpaired) electrons. The number of carbonyl (C=O) groups excluding carboxylic acids is 1. The maximum Gasteiger partial charge on any atom is 0.227 e. The van der Waals surface area contributed by atoms with E-state index in [1.807, 2.05) is 22.4 Å². The molecular weight excluding hydrogens is 298 g/mol. The molecule has 0 aliphatic carbocycles. The van der Waals surface area contributed by atoms with E-state index in [0.29, 0.717) is 11.2 Å². The molecule has 1 amide bonds. The smallest absolute Gasteiger partial charge is 0.227 e. The van der Waals surface area contributed by atoms with Gasteiger partial charge in [-0.2, -0.15) is 0 Å². The van der Waals surface area contributed by atoms with Crippen LogP contribution in [0.4, 0.5) is 0 Å². The molecule has 1 atom stereocenters. The maximum atomic E-state index is 12.1. The van der Waals surface area contributed by atoms with Crippen LogP contribution in [0.5, 0.6) is 0 Å². The standard InChI is InChI=1S/C13H18BrNOS/c1-10(14)11-4-6-15(7-5-11)13(16)9-12-3-2-8-17-12/h2-3,8,10-11H,4-7,9H2,1H3. The second-order valence-electron chi connectivity index (χ2n) is 4.65. The number of piperidine rings is 1. The highest BCUT2D eigenvalue weighted by atomic mass is 79.9. The van der Waals surface area contributed by atoms with Gasteiger partial charge in [-0.15, -0.1) is 11.3 Å². The van der Waals surface area contributed by atoms with Gasteiger partial charge in [-0.05, 0) is 30.2 Å². The van der Waals surface area contributed by atoms with Crippen molar-refractivity contribution < 1.29 is 4.79 Å². The first-order chi connectivity index (χ1) is 8.16. The molecule has 1 aromatic heterocycles. The van der Waals surface area contributed by atoms with Crippen LogP contribution in [0.3, 0.4) is 0 Å². The molecule has 0 aromatic carbocycles. The molecule has 1 aromatic rings. The first kappa shape index (κ1) is 13.1. The van der Waals surface area contributed by atoms with Crippen molar-refractivity contribution in [3.05, 3.63) is 22.4 Å². The summed E-state index contributed by atoms with van der Waals surface area (Å²) < 4.78 is 0. The summed E-state index contributed by atoms with van der Waals surface area (Å²) in [5.41, 5.74) is 0. The molecule has 2 rings (SSSR count). The van der Waals surface area contributed by atoms with Gasteiger partial charge in [0.25, 0.3) is 0 Å². The highest BCUT2D eigenvalue weighted by molar-refractivity contribution is 9.09. The Hall–Kier alpha value is -0.350. The van der Waals surface area contributed by atoms with Gasteiger partial charge in [0, 0.05) is 22.8 Å². The van der Waals surface area contributed by atoms with E-state index in [2.05, 4.69) is 22.9 Å². The molecule has 1 fully saturated rings. The van der Waals surface area contributed by atoms with Gasteiger partial charge in [0.05, 0.1) is 6.42 Å². The second-order valence-corrected chi connectivity index (χ2v) is 7.13. The van der Waals surface area contributed by atoms with Gasteiger partial charge in [0.2, 0.25) is 5.91 Å². The highest BCUT2D eigenvalue weighted by Crippen LogP contribution is 2.25. The summed E-state index contributed by atoms with van der Waals surface area (Å²) in [5.74, 6) is 1.01. The Labute approximate surface area is 115 Å². The van der Waals surface area contributed by atoms with E-state index in [0.717, 1.165) is 31.8 Å². The molecule has 2 heterocycles. The fourth-order valence-corrected chi connectivity index (χ4v) is 3.51. The second kappa shape index (κ2) is 6.01. The number of hydrogen-bond acceptors (Lipinski definition) is 2. The molecule has 0 bridgehead atoms. The lowest BCUT2D eigenvalue weighted by Crippen LogP contribution is -2.40. The number of carbonyl (C=O) groups is 1. The summed E-state index contributed by atoms with van der Waals surface area (Å²) in [4.78, 5) is 15.8. The average Bonchev–Trinajstić information content (AvgIpc) is 2.82. The fourth-order valence-electron chi connectivity index (χ4n) is 2.28. The van der Waals surface area contributed by atoms with E-state index in [1.54, 1.807) is 11.3 Å². The van der Waals surface area contributed by atoms with Crippen LogP contribution >= 0.6 is 27.3 Å². The van der Waals surface area contributed by atoms with Crippen molar-refractivity contribution in [1.82, 2.24) is 4.90 Å². The Kier molecular flexibility index (Phi) is 4.62. The number of alkyl halides is 1. The zero-order chi connectivity index (χ0) is 12.3. The van der Waals surface area contributed by atoms with Gasteiger partial charge in [0.15, 0.2) is 0 Å². The van der Waals surface area contributed by atoms with Crippen LogP contribution in [0.1, 0.15) is 24.6 Å². The van der Waals surface area contributed by atoms with Crippen molar-refractivity contribution in [1.29, 1.82) is 0 Å². The third kappa shape index (κ3) is 3.55. The minimum Gasteiger partial charge on any atom is -0.342 e. The lowest BCUT2D eigenvalue weighted by atomic mass is 9.94. The zero-order valence-corrected chi connectivity index (χ0v) is 12.5. The van der Waals surface area contributed by atoms with E-state index >= 15 is 0 Å². The van der Waals surface area contributed by atoms with E-state index in [4.69, 9.17) is 0 Å². The number of rotatable bonds is 3. The molecule has 4 heteroatoms. The quantitative estimate of drug-likeness (QED) is 0.784. The van der Waals surface area contributed by atoms with Crippen molar-refractivity contribution in [2.24, 2.45) is 5.92 Å². The van der Waals surface area contributed by atoms with Crippen LogP contribution in [-0.2, 0) is 11.2 Å². The van der Waals surface area contributed by atoms with Crippen LogP contribution < -0.4 is 0 Å². The minimum atomic E-state index is 0.285. The van der Waals surface area contributed by atoms with Crippen molar-refractivity contribution in [3.63, 3.8) is 0 Å². The molecule has 0 saturated carbocycles. The van der Waals surface area contributed by atoms with E-state index in [-0.39, 0.29) is 5.91 Å². The topological polar surface area (TPSA) is 20.3 Å². The third-order valence-corrected chi connectivity index (χ3v) is 5.07.